The topological polar surface area (TPSA) is 47.6 Å². The van der Waals surface area contributed by atoms with E-state index < -0.39 is 5.54 Å². The van der Waals surface area contributed by atoms with Crippen LogP contribution in [0.4, 0.5) is 5.69 Å². The Morgan fingerprint density at radius 2 is 1.45 bits per heavy atom. The van der Waals surface area contributed by atoms with Gasteiger partial charge in [-0.3, -0.25) is 9.69 Å². The molecule has 2 aromatic carbocycles. The van der Waals surface area contributed by atoms with E-state index in [0.29, 0.717) is 0 Å². The Balaban J connectivity index is 1.67. The van der Waals surface area contributed by atoms with Crippen molar-refractivity contribution < 1.29 is 4.79 Å². The van der Waals surface area contributed by atoms with Crippen molar-refractivity contribution in [2.75, 3.05) is 57.3 Å². The van der Waals surface area contributed by atoms with E-state index in [2.05, 4.69) is 51.6 Å². The highest BCUT2D eigenvalue weighted by Crippen LogP contribution is 2.36. The van der Waals surface area contributed by atoms with E-state index in [1.165, 1.54) is 5.69 Å². The minimum atomic E-state index is -0.611. The van der Waals surface area contributed by atoms with Crippen molar-refractivity contribution >= 4 is 11.5 Å². The maximum absolute atomic E-state index is 14.0. The summed E-state index contributed by atoms with van der Waals surface area (Å²) in [5, 5.41) is 6.81. The molecule has 2 heterocycles. The van der Waals surface area contributed by atoms with Gasteiger partial charge in [-0.1, -0.05) is 37.3 Å². The Hall–Kier alpha value is -2.21. The molecule has 1 atom stereocenters. The highest BCUT2D eigenvalue weighted by Gasteiger charge is 2.44. The van der Waals surface area contributed by atoms with Crippen LogP contribution < -0.4 is 15.5 Å². The molecular formula is C24H32N4O. The lowest BCUT2D eigenvalue weighted by molar-refractivity contribution is 0.0452. The van der Waals surface area contributed by atoms with Crippen molar-refractivity contribution in [2.45, 2.75) is 18.9 Å². The molecule has 29 heavy (non-hydrogen) atoms. The normalized spacial score (nSPS) is 20.2. The lowest BCUT2D eigenvalue weighted by atomic mass is 9.78. The number of piperazine rings is 2. The van der Waals surface area contributed by atoms with Gasteiger partial charge in [0, 0.05) is 63.6 Å². The van der Waals surface area contributed by atoms with Crippen molar-refractivity contribution in [3.05, 3.63) is 65.7 Å². The number of nitrogens with zero attached hydrogens (tertiary/aromatic N) is 2. The minimum absolute atomic E-state index is 0.208. The summed E-state index contributed by atoms with van der Waals surface area (Å²) >= 11 is 0. The zero-order valence-corrected chi connectivity index (χ0v) is 17.4. The van der Waals surface area contributed by atoms with Crippen LogP contribution in [0.3, 0.4) is 0 Å². The molecule has 2 aromatic rings. The predicted molar refractivity (Wildman–Crippen MR) is 119 cm³/mol. The SMILES string of the molecule is CCC(C(=O)c1ccc(N2CCNCC2)cc1)(c1ccccc1)N1CCNCC1. The summed E-state index contributed by atoms with van der Waals surface area (Å²) in [4.78, 5) is 18.8. The van der Waals surface area contributed by atoms with Gasteiger partial charge >= 0.3 is 0 Å². The zero-order chi connectivity index (χ0) is 20.1. The lowest BCUT2D eigenvalue weighted by Gasteiger charge is -2.45. The maximum atomic E-state index is 14.0. The number of anilines is 1. The van der Waals surface area contributed by atoms with Crippen molar-refractivity contribution in [2.24, 2.45) is 0 Å². The van der Waals surface area contributed by atoms with Gasteiger partial charge in [0.05, 0.1) is 0 Å². The Morgan fingerprint density at radius 3 is 2.03 bits per heavy atom. The monoisotopic (exact) mass is 392 g/mol. The van der Waals surface area contributed by atoms with Crippen LogP contribution >= 0.6 is 0 Å². The largest absolute Gasteiger partial charge is 0.369 e. The van der Waals surface area contributed by atoms with Crippen LogP contribution in [0.2, 0.25) is 0 Å². The number of ketones is 1. The molecule has 2 saturated heterocycles. The number of benzene rings is 2. The first-order valence-electron chi connectivity index (χ1n) is 10.9. The molecule has 2 N–H and O–H groups in total. The van der Waals surface area contributed by atoms with E-state index in [0.717, 1.165) is 69.9 Å². The molecule has 0 saturated carbocycles. The van der Waals surface area contributed by atoms with E-state index in [1.54, 1.807) is 0 Å². The molecule has 1 unspecified atom stereocenters. The first-order chi connectivity index (χ1) is 14.3. The molecule has 0 aliphatic carbocycles. The quantitative estimate of drug-likeness (QED) is 0.740. The fourth-order valence-corrected chi connectivity index (χ4v) is 4.79. The van der Waals surface area contributed by atoms with E-state index in [9.17, 15) is 4.79 Å². The average Bonchev–Trinajstić information content (AvgIpc) is 2.82. The molecular weight excluding hydrogens is 360 g/mol. The number of hydrogen-bond acceptors (Lipinski definition) is 5. The summed E-state index contributed by atoms with van der Waals surface area (Å²) < 4.78 is 0. The van der Waals surface area contributed by atoms with Gasteiger partial charge in [-0.2, -0.15) is 0 Å². The molecule has 4 rings (SSSR count). The van der Waals surface area contributed by atoms with E-state index >= 15 is 0 Å². The van der Waals surface area contributed by atoms with Crippen molar-refractivity contribution in [3.63, 3.8) is 0 Å². The summed E-state index contributed by atoms with van der Waals surface area (Å²) in [5.74, 6) is 0.208. The fraction of sp³-hybridized carbons (Fsp3) is 0.458. The van der Waals surface area contributed by atoms with Crippen molar-refractivity contribution in [3.8, 4) is 0 Å². The van der Waals surface area contributed by atoms with Crippen LogP contribution in [0.1, 0.15) is 29.3 Å². The van der Waals surface area contributed by atoms with Gasteiger partial charge in [0.2, 0.25) is 0 Å². The summed E-state index contributed by atoms with van der Waals surface area (Å²) in [6.07, 6.45) is 0.759. The summed E-state index contributed by atoms with van der Waals surface area (Å²) in [6.45, 7) is 9.79. The van der Waals surface area contributed by atoms with Crippen molar-refractivity contribution in [1.29, 1.82) is 0 Å². The summed E-state index contributed by atoms with van der Waals surface area (Å²) in [7, 11) is 0. The summed E-state index contributed by atoms with van der Waals surface area (Å²) in [5.41, 5.74) is 2.49. The standard InChI is InChI=1S/C24H32N4O/c1-2-24(21-6-4-3-5-7-21,28-18-14-26-15-19-28)23(29)20-8-10-22(11-9-20)27-16-12-25-13-17-27/h3-11,25-26H,2,12-19H2,1H3. The molecule has 0 spiro atoms. The predicted octanol–water partition coefficient (Wildman–Crippen LogP) is 2.49. The maximum Gasteiger partial charge on any atom is 0.187 e. The van der Waals surface area contributed by atoms with Crippen molar-refractivity contribution in [1.82, 2.24) is 15.5 Å². The first-order valence-corrected chi connectivity index (χ1v) is 10.9. The van der Waals surface area contributed by atoms with Gasteiger partial charge in [-0.25, -0.2) is 0 Å². The van der Waals surface area contributed by atoms with Crippen LogP contribution in [-0.4, -0.2) is 63.0 Å². The smallest absolute Gasteiger partial charge is 0.187 e. The Kier molecular flexibility index (Phi) is 6.28. The molecule has 2 aliphatic heterocycles. The van der Waals surface area contributed by atoms with Gasteiger partial charge in [-0.05, 0) is 36.2 Å². The number of carbonyl (C=O) groups is 1. The Bertz CT molecular complexity index is 795. The zero-order valence-electron chi connectivity index (χ0n) is 17.4. The number of carbonyl (C=O) groups excluding carboxylic acids is 1. The van der Waals surface area contributed by atoms with Gasteiger partial charge in [0.1, 0.15) is 5.54 Å². The van der Waals surface area contributed by atoms with Gasteiger partial charge < -0.3 is 15.5 Å². The van der Waals surface area contributed by atoms with E-state index in [-0.39, 0.29) is 5.78 Å². The van der Waals surface area contributed by atoms with Crippen LogP contribution in [0.5, 0.6) is 0 Å². The second-order valence-electron chi connectivity index (χ2n) is 7.93. The molecule has 2 aliphatic rings. The second kappa shape index (κ2) is 9.08. The minimum Gasteiger partial charge on any atom is -0.369 e. The highest BCUT2D eigenvalue weighted by molar-refractivity contribution is 6.04. The van der Waals surface area contributed by atoms with E-state index in [1.807, 2.05) is 30.3 Å². The van der Waals surface area contributed by atoms with E-state index in [4.69, 9.17) is 0 Å². The van der Waals surface area contributed by atoms with Crippen LogP contribution in [0.25, 0.3) is 0 Å². The number of Topliss-reactive ketones (excluding diaryl/α,β-unsaturated/α-hetero) is 1. The third kappa shape index (κ3) is 3.95. The van der Waals surface area contributed by atoms with Gasteiger partial charge in [-0.15, -0.1) is 0 Å². The Morgan fingerprint density at radius 1 is 0.862 bits per heavy atom. The number of hydrogen-bond donors (Lipinski definition) is 2. The molecule has 0 bridgehead atoms. The second-order valence-corrected chi connectivity index (χ2v) is 7.93. The average molecular weight is 393 g/mol. The van der Waals surface area contributed by atoms with Gasteiger partial charge in [0.25, 0.3) is 0 Å². The molecule has 5 nitrogen and oxygen atoms in total. The lowest BCUT2D eigenvalue weighted by Crippen LogP contribution is -2.58. The molecule has 0 aromatic heterocycles. The molecule has 0 amide bonds. The van der Waals surface area contributed by atoms with Crippen LogP contribution in [-0.2, 0) is 5.54 Å². The molecule has 5 heteroatoms. The molecule has 154 valence electrons. The van der Waals surface area contributed by atoms with Crippen LogP contribution in [0, 0.1) is 0 Å². The Labute approximate surface area is 174 Å². The summed E-state index contributed by atoms with van der Waals surface area (Å²) in [6, 6.07) is 18.6. The third-order valence-corrected chi connectivity index (χ3v) is 6.41. The first kappa shape index (κ1) is 20.1. The number of rotatable bonds is 6. The molecule has 2 fully saturated rings. The third-order valence-electron chi connectivity index (χ3n) is 6.41. The van der Waals surface area contributed by atoms with Gasteiger partial charge in [0.15, 0.2) is 5.78 Å². The molecule has 0 radical (unpaired) electrons. The highest BCUT2D eigenvalue weighted by atomic mass is 16.1. The fourth-order valence-electron chi connectivity index (χ4n) is 4.79. The van der Waals surface area contributed by atoms with Crippen LogP contribution in [0.15, 0.2) is 54.6 Å². The number of nitrogens with one attached hydrogen (secondary N) is 2.